The molecular formula is C16H13FN2O5S. The molecule has 2 aromatic rings. The zero-order chi connectivity index (χ0) is 18.4. The highest BCUT2D eigenvalue weighted by Gasteiger charge is 2.16. The Labute approximate surface area is 146 Å². The Kier molecular flexibility index (Phi) is 6.07. The van der Waals surface area contributed by atoms with E-state index < -0.39 is 29.2 Å². The topological polar surface area (TPSA) is 98.5 Å². The van der Waals surface area contributed by atoms with Crippen molar-refractivity contribution < 1.29 is 23.6 Å². The Morgan fingerprint density at radius 1 is 1.28 bits per heavy atom. The van der Waals surface area contributed by atoms with Crippen LogP contribution in [-0.2, 0) is 9.53 Å². The molecule has 0 atom stereocenters. The molecule has 0 saturated carbocycles. The maximum absolute atomic E-state index is 13.6. The summed E-state index contributed by atoms with van der Waals surface area (Å²) in [5.41, 5.74) is -0.424. The van der Waals surface area contributed by atoms with Gasteiger partial charge in [0.1, 0.15) is 5.82 Å². The number of halogens is 1. The normalized spacial score (nSPS) is 10.2. The number of rotatable bonds is 6. The van der Waals surface area contributed by atoms with Crippen molar-refractivity contribution in [1.29, 1.82) is 0 Å². The van der Waals surface area contributed by atoms with Crippen LogP contribution in [0.4, 0.5) is 15.8 Å². The minimum absolute atomic E-state index is 0.310. The van der Waals surface area contributed by atoms with E-state index in [2.05, 4.69) is 5.32 Å². The van der Waals surface area contributed by atoms with Crippen LogP contribution in [0.1, 0.15) is 10.4 Å². The summed E-state index contributed by atoms with van der Waals surface area (Å²) < 4.78 is 18.5. The Balaban J connectivity index is 2.00. The van der Waals surface area contributed by atoms with Crippen LogP contribution in [0.3, 0.4) is 0 Å². The molecule has 0 saturated heterocycles. The van der Waals surface area contributed by atoms with Gasteiger partial charge in [-0.25, -0.2) is 9.18 Å². The fourth-order valence-corrected chi connectivity index (χ4v) is 2.52. The molecular weight excluding hydrogens is 351 g/mol. The Hall–Kier alpha value is -2.94. The van der Waals surface area contributed by atoms with Crippen molar-refractivity contribution in [1.82, 2.24) is 0 Å². The second-order valence-electron chi connectivity index (χ2n) is 4.75. The molecule has 0 aliphatic carbocycles. The van der Waals surface area contributed by atoms with Crippen LogP contribution in [0.5, 0.6) is 0 Å². The van der Waals surface area contributed by atoms with Gasteiger partial charge in [0.15, 0.2) is 6.61 Å². The van der Waals surface area contributed by atoms with Crippen molar-refractivity contribution in [3.63, 3.8) is 0 Å². The SMILES string of the molecule is CSc1ccccc1C(=O)OCC(=O)Nc1cc([N+](=O)[O-])ccc1F. The number of nitrogens with one attached hydrogen (secondary N) is 1. The van der Waals surface area contributed by atoms with Crippen LogP contribution < -0.4 is 5.32 Å². The molecule has 0 spiro atoms. The lowest BCUT2D eigenvalue weighted by Crippen LogP contribution is -2.21. The number of nitrogens with zero attached hydrogens (tertiary/aromatic N) is 1. The number of anilines is 1. The highest BCUT2D eigenvalue weighted by atomic mass is 32.2. The molecule has 0 bridgehead atoms. The summed E-state index contributed by atoms with van der Waals surface area (Å²) in [6.45, 7) is -0.649. The number of nitro benzene ring substituents is 1. The van der Waals surface area contributed by atoms with E-state index in [0.29, 0.717) is 10.5 Å². The first kappa shape index (κ1) is 18.4. The second kappa shape index (κ2) is 8.25. The lowest BCUT2D eigenvalue weighted by Gasteiger charge is -2.09. The van der Waals surface area contributed by atoms with Crippen LogP contribution in [0.2, 0.25) is 0 Å². The number of carbonyl (C=O) groups is 2. The highest BCUT2D eigenvalue weighted by Crippen LogP contribution is 2.22. The zero-order valence-corrected chi connectivity index (χ0v) is 13.8. The van der Waals surface area contributed by atoms with Crippen LogP contribution in [0, 0.1) is 15.9 Å². The van der Waals surface area contributed by atoms with Crippen molar-refractivity contribution in [2.24, 2.45) is 0 Å². The fourth-order valence-electron chi connectivity index (χ4n) is 1.93. The number of non-ortho nitro benzene ring substituents is 1. The second-order valence-corrected chi connectivity index (χ2v) is 5.59. The third-order valence-electron chi connectivity index (χ3n) is 3.10. The largest absolute Gasteiger partial charge is 0.452 e. The number of ether oxygens (including phenoxy) is 1. The van der Waals surface area contributed by atoms with Gasteiger partial charge in [-0.05, 0) is 24.5 Å². The summed E-state index contributed by atoms with van der Waals surface area (Å²) in [6, 6.07) is 9.46. The molecule has 0 unspecified atom stereocenters. The Morgan fingerprint density at radius 2 is 2.00 bits per heavy atom. The van der Waals surface area contributed by atoms with Gasteiger partial charge in [0.05, 0.1) is 16.2 Å². The van der Waals surface area contributed by atoms with Crippen molar-refractivity contribution in [2.75, 3.05) is 18.2 Å². The highest BCUT2D eigenvalue weighted by molar-refractivity contribution is 7.98. The van der Waals surface area contributed by atoms with Crippen molar-refractivity contribution >= 4 is 35.0 Å². The molecule has 9 heteroatoms. The molecule has 7 nitrogen and oxygen atoms in total. The van der Waals surface area contributed by atoms with E-state index in [-0.39, 0.29) is 11.4 Å². The summed E-state index contributed by atoms with van der Waals surface area (Å²) in [7, 11) is 0. The molecule has 0 fully saturated rings. The molecule has 0 heterocycles. The maximum Gasteiger partial charge on any atom is 0.339 e. The average Bonchev–Trinajstić information content (AvgIpc) is 2.61. The van der Waals surface area contributed by atoms with E-state index in [9.17, 15) is 24.1 Å². The van der Waals surface area contributed by atoms with Gasteiger partial charge < -0.3 is 10.1 Å². The molecule has 1 amide bonds. The quantitative estimate of drug-likeness (QED) is 0.366. The number of esters is 1. The van der Waals surface area contributed by atoms with Crippen LogP contribution in [-0.4, -0.2) is 29.7 Å². The molecule has 130 valence electrons. The lowest BCUT2D eigenvalue weighted by atomic mass is 10.2. The number of hydrogen-bond acceptors (Lipinski definition) is 6. The monoisotopic (exact) mass is 364 g/mol. The number of amides is 1. The summed E-state index contributed by atoms with van der Waals surface area (Å²) in [5.74, 6) is -2.34. The Bertz CT molecular complexity index is 828. The third kappa shape index (κ3) is 4.77. The minimum atomic E-state index is -0.835. The van der Waals surface area contributed by atoms with Crippen molar-refractivity contribution in [2.45, 2.75) is 4.90 Å². The number of hydrogen-bond donors (Lipinski definition) is 1. The molecule has 0 radical (unpaired) electrons. The van der Waals surface area contributed by atoms with Crippen molar-refractivity contribution in [3.05, 3.63) is 64.0 Å². The van der Waals surface area contributed by atoms with E-state index in [1.807, 2.05) is 0 Å². The van der Waals surface area contributed by atoms with Crippen LogP contribution >= 0.6 is 11.8 Å². The first-order chi connectivity index (χ1) is 11.9. The van der Waals surface area contributed by atoms with Gasteiger partial charge in [-0.3, -0.25) is 14.9 Å². The molecule has 0 aliphatic rings. The molecule has 25 heavy (non-hydrogen) atoms. The molecule has 2 aromatic carbocycles. The van der Waals surface area contributed by atoms with Gasteiger partial charge in [-0.1, -0.05) is 12.1 Å². The summed E-state index contributed by atoms with van der Waals surface area (Å²) in [5, 5.41) is 12.8. The fraction of sp³-hybridized carbons (Fsp3) is 0.125. The van der Waals surface area contributed by atoms with Crippen molar-refractivity contribution in [3.8, 4) is 0 Å². The first-order valence-electron chi connectivity index (χ1n) is 6.96. The minimum Gasteiger partial charge on any atom is -0.452 e. The van der Waals surface area contributed by atoms with E-state index in [1.54, 1.807) is 30.5 Å². The average molecular weight is 364 g/mol. The molecule has 2 rings (SSSR count). The Morgan fingerprint density at radius 3 is 2.68 bits per heavy atom. The van der Waals surface area contributed by atoms with E-state index in [0.717, 1.165) is 18.2 Å². The molecule has 0 aromatic heterocycles. The lowest BCUT2D eigenvalue weighted by molar-refractivity contribution is -0.384. The number of carbonyl (C=O) groups excluding carboxylic acids is 2. The third-order valence-corrected chi connectivity index (χ3v) is 3.89. The van der Waals surface area contributed by atoms with Crippen LogP contribution in [0.25, 0.3) is 0 Å². The summed E-state index contributed by atoms with van der Waals surface area (Å²) >= 11 is 1.35. The predicted octanol–water partition coefficient (Wildman–Crippen LogP) is 3.25. The van der Waals surface area contributed by atoms with Gasteiger partial charge in [0, 0.05) is 17.0 Å². The standard InChI is InChI=1S/C16H13FN2O5S/c1-25-14-5-3-2-4-11(14)16(21)24-9-15(20)18-13-8-10(19(22)23)6-7-12(13)17/h2-8H,9H2,1H3,(H,18,20). The van der Waals surface area contributed by atoms with Crippen LogP contribution in [0.15, 0.2) is 47.4 Å². The zero-order valence-electron chi connectivity index (χ0n) is 13.0. The van der Waals surface area contributed by atoms with E-state index >= 15 is 0 Å². The number of thioether (sulfide) groups is 1. The maximum atomic E-state index is 13.6. The van der Waals surface area contributed by atoms with Gasteiger partial charge >= 0.3 is 5.97 Å². The van der Waals surface area contributed by atoms with Gasteiger partial charge in [-0.2, -0.15) is 0 Å². The van der Waals surface area contributed by atoms with E-state index in [4.69, 9.17) is 4.74 Å². The first-order valence-corrected chi connectivity index (χ1v) is 8.18. The van der Waals surface area contributed by atoms with Gasteiger partial charge in [0.25, 0.3) is 11.6 Å². The summed E-state index contributed by atoms with van der Waals surface area (Å²) in [4.78, 5) is 34.5. The van der Waals surface area contributed by atoms with Gasteiger partial charge in [-0.15, -0.1) is 11.8 Å². The number of nitro groups is 1. The molecule has 0 aliphatic heterocycles. The van der Waals surface area contributed by atoms with Gasteiger partial charge in [0.2, 0.25) is 0 Å². The summed E-state index contributed by atoms with van der Waals surface area (Å²) in [6.07, 6.45) is 1.80. The number of benzene rings is 2. The smallest absolute Gasteiger partial charge is 0.339 e. The molecule has 1 N–H and O–H groups in total. The predicted molar refractivity (Wildman–Crippen MR) is 90.2 cm³/mol. The van der Waals surface area contributed by atoms with E-state index in [1.165, 1.54) is 11.8 Å².